The SMILES string of the molecule is CC(C)[Si](C(C)C)(C(C)C)n1ccc([B]OC(C)(C)C(C)(C)O)c1. The van der Waals surface area contributed by atoms with Crippen LogP contribution in [-0.2, 0) is 4.65 Å². The van der Waals surface area contributed by atoms with Crippen molar-refractivity contribution in [2.24, 2.45) is 0 Å². The van der Waals surface area contributed by atoms with Crippen molar-refractivity contribution in [2.75, 3.05) is 0 Å². The second-order valence-corrected chi connectivity index (χ2v) is 14.8. The van der Waals surface area contributed by atoms with E-state index in [2.05, 4.69) is 64.2 Å². The van der Waals surface area contributed by atoms with Crippen molar-refractivity contribution in [3.8, 4) is 0 Å². The Morgan fingerprint density at radius 3 is 1.83 bits per heavy atom. The molecule has 24 heavy (non-hydrogen) atoms. The van der Waals surface area contributed by atoms with Crippen LogP contribution in [0.15, 0.2) is 18.5 Å². The molecule has 1 heterocycles. The second-order valence-electron chi connectivity index (χ2n) is 9.01. The van der Waals surface area contributed by atoms with Crippen molar-refractivity contribution < 1.29 is 9.76 Å². The van der Waals surface area contributed by atoms with Crippen LogP contribution in [0.5, 0.6) is 0 Å². The van der Waals surface area contributed by atoms with E-state index in [1.165, 1.54) is 0 Å². The molecule has 0 aliphatic heterocycles. The van der Waals surface area contributed by atoms with Crippen molar-refractivity contribution in [3.63, 3.8) is 0 Å². The zero-order valence-corrected chi connectivity index (χ0v) is 18.3. The lowest BCUT2D eigenvalue weighted by Gasteiger charge is -2.44. The smallest absolute Gasteiger partial charge is 0.332 e. The van der Waals surface area contributed by atoms with Gasteiger partial charge in [0.1, 0.15) is 0 Å². The van der Waals surface area contributed by atoms with Crippen LogP contribution in [-0.4, -0.2) is 36.3 Å². The molecule has 0 aliphatic carbocycles. The zero-order chi connectivity index (χ0) is 18.9. The highest BCUT2D eigenvalue weighted by atomic mass is 28.3. The summed E-state index contributed by atoms with van der Waals surface area (Å²) < 4.78 is 8.41. The molecule has 0 aromatic carbocycles. The minimum absolute atomic E-state index is 0.641. The fourth-order valence-electron chi connectivity index (χ4n) is 3.98. The molecule has 0 unspecified atom stereocenters. The third-order valence-electron chi connectivity index (χ3n) is 5.90. The third-order valence-corrected chi connectivity index (χ3v) is 12.6. The minimum atomic E-state index is -1.70. The van der Waals surface area contributed by atoms with Gasteiger partial charge in [0.25, 0.3) is 0 Å². The molecule has 0 aliphatic rings. The van der Waals surface area contributed by atoms with Gasteiger partial charge in [-0.1, -0.05) is 41.5 Å². The molecular formula is C19H37BNO2Si. The summed E-state index contributed by atoms with van der Waals surface area (Å²) in [5.41, 5.74) is 1.49. The highest BCUT2D eigenvalue weighted by Crippen LogP contribution is 2.42. The number of hydrogen-bond acceptors (Lipinski definition) is 2. The summed E-state index contributed by atoms with van der Waals surface area (Å²) in [5, 5.41) is 10.2. The Bertz CT molecular complexity index is 508. The maximum absolute atomic E-state index is 10.2. The lowest BCUT2D eigenvalue weighted by Crippen LogP contribution is -2.51. The molecule has 0 bridgehead atoms. The normalized spacial score (nSPS) is 14.1. The van der Waals surface area contributed by atoms with Gasteiger partial charge in [0.2, 0.25) is 0 Å². The lowest BCUT2D eigenvalue weighted by atomic mass is 9.84. The van der Waals surface area contributed by atoms with Gasteiger partial charge in [-0.25, -0.2) is 0 Å². The maximum Gasteiger partial charge on any atom is 0.332 e. The molecule has 0 fully saturated rings. The first-order chi connectivity index (χ1) is 10.8. The number of aromatic nitrogens is 1. The van der Waals surface area contributed by atoms with Gasteiger partial charge in [-0.05, 0) is 68.2 Å². The molecule has 5 heteroatoms. The Labute approximate surface area is 151 Å². The largest absolute Gasteiger partial charge is 0.427 e. The Balaban J connectivity index is 3.07. The van der Waals surface area contributed by atoms with Crippen LogP contribution in [0.4, 0.5) is 0 Å². The first-order valence-corrected chi connectivity index (χ1v) is 11.4. The van der Waals surface area contributed by atoms with E-state index in [4.69, 9.17) is 4.65 Å². The van der Waals surface area contributed by atoms with Crippen molar-refractivity contribution >= 4 is 21.2 Å². The summed E-state index contributed by atoms with van der Waals surface area (Å²) >= 11 is 0. The fourth-order valence-corrected chi connectivity index (χ4v) is 10.5. The number of rotatable bonds is 8. The van der Waals surface area contributed by atoms with E-state index in [-0.39, 0.29) is 0 Å². The summed E-state index contributed by atoms with van der Waals surface area (Å²) in [5.74, 6) is 0. The fraction of sp³-hybridized carbons (Fsp3) is 0.789. The lowest BCUT2D eigenvalue weighted by molar-refractivity contribution is -0.0893. The Morgan fingerprint density at radius 1 is 1.00 bits per heavy atom. The van der Waals surface area contributed by atoms with Gasteiger partial charge in [0.15, 0.2) is 8.24 Å². The monoisotopic (exact) mass is 350 g/mol. The van der Waals surface area contributed by atoms with E-state index in [1.807, 2.05) is 13.8 Å². The van der Waals surface area contributed by atoms with Crippen molar-refractivity contribution in [2.45, 2.75) is 97.1 Å². The summed E-state index contributed by atoms with van der Waals surface area (Å²) in [6, 6.07) is 2.12. The van der Waals surface area contributed by atoms with E-state index < -0.39 is 19.4 Å². The number of hydrogen-bond donors (Lipinski definition) is 1. The minimum Gasteiger partial charge on any atom is -0.427 e. The molecule has 1 rings (SSSR count). The molecule has 1 aromatic heterocycles. The van der Waals surface area contributed by atoms with E-state index in [1.54, 1.807) is 21.3 Å². The Hall–Kier alpha value is -0.518. The van der Waals surface area contributed by atoms with Gasteiger partial charge in [-0.2, -0.15) is 0 Å². The van der Waals surface area contributed by atoms with Crippen LogP contribution >= 0.6 is 0 Å². The Morgan fingerprint density at radius 2 is 1.46 bits per heavy atom. The first-order valence-electron chi connectivity index (χ1n) is 9.18. The van der Waals surface area contributed by atoms with Crippen LogP contribution < -0.4 is 5.46 Å². The molecule has 0 saturated carbocycles. The van der Waals surface area contributed by atoms with Gasteiger partial charge in [0.05, 0.1) is 11.2 Å². The quantitative estimate of drug-likeness (QED) is 0.709. The molecule has 137 valence electrons. The summed E-state index contributed by atoms with van der Waals surface area (Å²) in [6.07, 6.45) is 4.45. The highest BCUT2D eigenvalue weighted by molar-refractivity contribution is 6.82. The van der Waals surface area contributed by atoms with Crippen molar-refractivity contribution in [3.05, 3.63) is 18.5 Å². The van der Waals surface area contributed by atoms with E-state index in [0.717, 1.165) is 5.46 Å². The maximum atomic E-state index is 10.2. The van der Waals surface area contributed by atoms with Gasteiger partial charge in [-0.15, -0.1) is 0 Å². The van der Waals surface area contributed by atoms with Gasteiger partial charge in [0, 0.05) is 0 Å². The second kappa shape index (κ2) is 7.38. The van der Waals surface area contributed by atoms with Crippen LogP contribution in [0.25, 0.3) is 0 Å². The standard InChI is InChI=1S/C19H37BNO2Si/c1-14(2)24(15(3)4,16(5)6)21-12-11-17(13-21)20-23-19(9,10)18(7,8)22/h11-16,22H,1-10H3. The van der Waals surface area contributed by atoms with Crippen LogP contribution in [0.1, 0.15) is 69.2 Å². The van der Waals surface area contributed by atoms with E-state index in [9.17, 15) is 5.11 Å². The molecule has 3 nitrogen and oxygen atoms in total. The van der Waals surface area contributed by atoms with Crippen LogP contribution in [0, 0.1) is 0 Å². The zero-order valence-electron chi connectivity index (χ0n) is 17.3. The number of aliphatic hydroxyl groups is 1. The van der Waals surface area contributed by atoms with Gasteiger partial charge < -0.3 is 14.0 Å². The average molecular weight is 350 g/mol. The molecule has 1 aromatic rings. The van der Waals surface area contributed by atoms with Crippen molar-refractivity contribution in [1.82, 2.24) is 4.23 Å². The predicted octanol–water partition coefficient (Wildman–Crippen LogP) is 4.32. The van der Waals surface area contributed by atoms with Gasteiger partial charge >= 0.3 is 7.48 Å². The molecular weight excluding hydrogens is 313 g/mol. The topological polar surface area (TPSA) is 34.4 Å². The summed E-state index contributed by atoms with van der Waals surface area (Å²) in [4.78, 5) is 0. The Kier molecular flexibility index (Phi) is 6.62. The molecule has 1 radical (unpaired) electrons. The van der Waals surface area contributed by atoms with Crippen molar-refractivity contribution in [1.29, 1.82) is 0 Å². The predicted molar refractivity (Wildman–Crippen MR) is 108 cm³/mol. The van der Waals surface area contributed by atoms with Crippen LogP contribution in [0.3, 0.4) is 0 Å². The third kappa shape index (κ3) is 4.00. The number of nitrogens with zero attached hydrogens (tertiary/aromatic N) is 1. The summed E-state index contributed by atoms with van der Waals surface area (Å²) in [6.45, 7) is 21.6. The van der Waals surface area contributed by atoms with Gasteiger partial charge in [-0.3, -0.25) is 0 Å². The molecule has 0 saturated heterocycles. The molecule has 0 spiro atoms. The molecule has 0 amide bonds. The van der Waals surface area contributed by atoms with E-state index >= 15 is 0 Å². The first kappa shape index (κ1) is 21.5. The average Bonchev–Trinajstić information content (AvgIpc) is 2.83. The van der Waals surface area contributed by atoms with Crippen LogP contribution in [0.2, 0.25) is 16.6 Å². The summed E-state index contributed by atoms with van der Waals surface area (Å²) in [7, 11) is 0.0836. The highest BCUT2D eigenvalue weighted by Gasteiger charge is 2.45. The molecule has 0 atom stereocenters. The van der Waals surface area contributed by atoms with E-state index in [0.29, 0.717) is 16.6 Å². The molecule has 1 N–H and O–H groups in total.